The molecule has 4 aromatic rings. The van der Waals surface area contributed by atoms with Gasteiger partial charge in [-0.3, -0.25) is 19.4 Å². The molecule has 33 heavy (non-hydrogen) atoms. The molecule has 5 N–H and O–H groups in total. The summed E-state index contributed by atoms with van der Waals surface area (Å²) >= 11 is 2.25. The van der Waals surface area contributed by atoms with Crippen LogP contribution in [0.4, 0.5) is 25.4 Å². The quantitative estimate of drug-likeness (QED) is 0.241. The van der Waals surface area contributed by atoms with E-state index in [0.717, 1.165) is 34.1 Å². The largest absolute Gasteiger partial charge is 0.382 e. The topological polar surface area (TPSA) is 143 Å². The average molecular weight is 489 g/mol. The van der Waals surface area contributed by atoms with Gasteiger partial charge in [-0.1, -0.05) is 35.2 Å². The number of amides is 2. The standard InChI is InChI=1S/C20H14F2N6O3S2/c21-10-6-5-9(7-11(10)22)17(30)26-15-16(23)27-19(28-18(15)31)32-8-14(29)25-20-24-12-3-1-2-4-13(12)33-20/h1-7H,8H2,(H,26,30)(H,24,25,29)(H3,23,27,28,31). The molecule has 9 nitrogen and oxygen atoms in total. The predicted molar refractivity (Wildman–Crippen MR) is 123 cm³/mol. The van der Waals surface area contributed by atoms with Crippen molar-refractivity contribution >= 4 is 61.8 Å². The zero-order valence-corrected chi connectivity index (χ0v) is 18.2. The molecule has 2 aromatic carbocycles. The molecule has 2 aromatic heterocycles. The van der Waals surface area contributed by atoms with E-state index in [-0.39, 0.29) is 33.9 Å². The number of nitrogens with two attached hydrogens (primary N) is 1. The van der Waals surface area contributed by atoms with Gasteiger partial charge in [0.05, 0.1) is 16.0 Å². The molecule has 0 atom stereocenters. The minimum Gasteiger partial charge on any atom is -0.382 e. The number of thioether (sulfide) groups is 1. The molecular formula is C20H14F2N6O3S2. The summed E-state index contributed by atoms with van der Waals surface area (Å²) in [6, 6.07) is 9.98. The van der Waals surface area contributed by atoms with Crippen LogP contribution in [0.5, 0.6) is 0 Å². The van der Waals surface area contributed by atoms with Crippen LogP contribution in [-0.2, 0) is 4.79 Å². The molecule has 0 fully saturated rings. The van der Waals surface area contributed by atoms with Crippen molar-refractivity contribution in [1.82, 2.24) is 15.0 Å². The molecule has 0 aliphatic carbocycles. The maximum atomic E-state index is 13.3. The summed E-state index contributed by atoms with van der Waals surface area (Å²) in [5.41, 5.74) is 5.21. The van der Waals surface area contributed by atoms with E-state index in [1.165, 1.54) is 11.3 Å². The lowest BCUT2D eigenvalue weighted by Crippen LogP contribution is -2.23. The minimum absolute atomic E-state index is 0.0581. The predicted octanol–water partition coefficient (Wildman–Crippen LogP) is 3.22. The van der Waals surface area contributed by atoms with Crippen LogP contribution in [-0.4, -0.2) is 32.5 Å². The third-order valence-corrected chi connectivity index (χ3v) is 6.05. The first-order valence-corrected chi connectivity index (χ1v) is 11.0. The Hall–Kier alpha value is -3.84. The molecule has 0 saturated heterocycles. The Morgan fingerprint density at radius 2 is 1.88 bits per heavy atom. The van der Waals surface area contributed by atoms with E-state index in [4.69, 9.17) is 5.73 Å². The fraction of sp³-hybridized carbons (Fsp3) is 0.0500. The molecule has 0 aliphatic heterocycles. The van der Waals surface area contributed by atoms with Crippen molar-refractivity contribution in [2.75, 3.05) is 22.1 Å². The molecule has 2 heterocycles. The van der Waals surface area contributed by atoms with Gasteiger partial charge in [0.25, 0.3) is 11.5 Å². The average Bonchev–Trinajstić information content (AvgIpc) is 3.18. The van der Waals surface area contributed by atoms with E-state index in [2.05, 4.69) is 25.6 Å². The number of carbonyl (C=O) groups is 2. The van der Waals surface area contributed by atoms with Crippen LogP contribution in [0.2, 0.25) is 0 Å². The third kappa shape index (κ3) is 5.15. The summed E-state index contributed by atoms with van der Waals surface area (Å²) in [5.74, 6) is -3.94. The Bertz CT molecular complexity index is 1410. The van der Waals surface area contributed by atoms with E-state index in [9.17, 15) is 23.2 Å². The summed E-state index contributed by atoms with van der Waals surface area (Å²) < 4.78 is 27.3. The van der Waals surface area contributed by atoms with Crippen LogP contribution in [0.15, 0.2) is 52.4 Å². The van der Waals surface area contributed by atoms with Crippen molar-refractivity contribution in [2.24, 2.45) is 0 Å². The summed E-state index contributed by atoms with van der Waals surface area (Å²) in [7, 11) is 0. The van der Waals surface area contributed by atoms with Crippen LogP contribution < -0.4 is 21.9 Å². The smallest absolute Gasteiger partial charge is 0.277 e. The number of nitrogen functional groups attached to an aromatic ring is 1. The third-order valence-electron chi connectivity index (χ3n) is 4.23. The summed E-state index contributed by atoms with van der Waals surface area (Å²) in [6.45, 7) is 0. The minimum atomic E-state index is -1.21. The first-order chi connectivity index (χ1) is 15.8. The maximum absolute atomic E-state index is 13.3. The number of rotatable bonds is 6. The van der Waals surface area contributed by atoms with Crippen molar-refractivity contribution in [3.05, 3.63) is 70.0 Å². The number of thiazole rings is 1. The highest BCUT2D eigenvalue weighted by atomic mass is 32.2. The van der Waals surface area contributed by atoms with Crippen LogP contribution in [0.3, 0.4) is 0 Å². The molecule has 0 spiro atoms. The van der Waals surface area contributed by atoms with Gasteiger partial charge in [0.2, 0.25) is 5.91 Å². The molecule has 168 valence electrons. The molecule has 0 radical (unpaired) electrons. The molecular weight excluding hydrogens is 474 g/mol. The summed E-state index contributed by atoms with van der Waals surface area (Å²) in [5, 5.41) is 5.40. The van der Waals surface area contributed by atoms with Crippen LogP contribution >= 0.6 is 23.1 Å². The number of nitrogens with one attached hydrogen (secondary N) is 3. The number of fused-ring (bicyclic) bond motifs is 1. The highest BCUT2D eigenvalue weighted by Crippen LogP contribution is 2.26. The molecule has 13 heteroatoms. The zero-order valence-electron chi connectivity index (χ0n) is 16.5. The molecule has 2 amide bonds. The Morgan fingerprint density at radius 3 is 2.61 bits per heavy atom. The van der Waals surface area contributed by atoms with E-state index < -0.39 is 23.1 Å². The van der Waals surface area contributed by atoms with E-state index in [0.29, 0.717) is 11.2 Å². The Kier molecular flexibility index (Phi) is 6.33. The van der Waals surface area contributed by atoms with E-state index >= 15 is 0 Å². The maximum Gasteiger partial charge on any atom is 0.277 e. The molecule has 0 unspecified atom stereocenters. The van der Waals surface area contributed by atoms with E-state index in [1.807, 2.05) is 24.3 Å². The molecule has 0 saturated carbocycles. The Morgan fingerprint density at radius 1 is 1.09 bits per heavy atom. The van der Waals surface area contributed by atoms with Crippen molar-refractivity contribution in [3.63, 3.8) is 0 Å². The number of halogens is 2. The Balaban J connectivity index is 1.40. The summed E-state index contributed by atoms with van der Waals surface area (Å²) in [4.78, 5) is 47.5. The van der Waals surface area contributed by atoms with Crippen LogP contribution in [0, 0.1) is 11.6 Å². The number of H-pyrrole nitrogens is 1. The monoisotopic (exact) mass is 488 g/mol. The number of carbonyl (C=O) groups excluding carboxylic acids is 2. The van der Waals surface area contributed by atoms with Crippen LogP contribution in [0.1, 0.15) is 10.4 Å². The first-order valence-electron chi connectivity index (χ1n) is 9.24. The number of anilines is 3. The fourth-order valence-electron chi connectivity index (χ4n) is 2.70. The van der Waals surface area contributed by atoms with Gasteiger partial charge >= 0.3 is 0 Å². The number of para-hydroxylation sites is 1. The lowest BCUT2D eigenvalue weighted by Gasteiger charge is -2.08. The van der Waals surface area contributed by atoms with Crippen molar-refractivity contribution in [1.29, 1.82) is 0 Å². The van der Waals surface area contributed by atoms with Crippen molar-refractivity contribution in [3.8, 4) is 0 Å². The Labute approximate surface area is 192 Å². The second-order valence-corrected chi connectivity index (χ2v) is 8.53. The second kappa shape index (κ2) is 9.34. The van der Waals surface area contributed by atoms with Gasteiger partial charge in [0.15, 0.2) is 27.7 Å². The highest BCUT2D eigenvalue weighted by molar-refractivity contribution is 7.99. The van der Waals surface area contributed by atoms with Gasteiger partial charge in [-0.15, -0.1) is 0 Å². The van der Waals surface area contributed by atoms with Gasteiger partial charge in [-0.2, -0.15) is 0 Å². The highest BCUT2D eigenvalue weighted by Gasteiger charge is 2.16. The number of aromatic nitrogens is 3. The van der Waals surface area contributed by atoms with Crippen LogP contribution in [0.25, 0.3) is 10.2 Å². The van der Waals surface area contributed by atoms with Gasteiger partial charge in [0, 0.05) is 5.56 Å². The normalized spacial score (nSPS) is 10.8. The number of aromatic amines is 1. The van der Waals surface area contributed by atoms with E-state index in [1.54, 1.807) is 0 Å². The SMILES string of the molecule is Nc1nc(SCC(=O)Nc2nc3ccccc3s2)[nH]c(=O)c1NC(=O)c1ccc(F)c(F)c1. The molecule has 0 bridgehead atoms. The molecule has 4 rings (SSSR count). The van der Waals surface area contributed by atoms with Gasteiger partial charge in [0.1, 0.15) is 5.69 Å². The number of nitrogens with zero attached hydrogens (tertiary/aromatic N) is 2. The second-order valence-electron chi connectivity index (χ2n) is 6.54. The summed E-state index contributed by atoms with van der Waals surface area (Å²) in [6.07, 6.45) is 0. The number of hydrogen-bond donors (Lipinski definition) is 4. The first kappa shape index (κ1) is 22.4. The zero-order chi connectivity index (χ0) is 23.5. The lowest BCUT2D eigenvalue weighted by atomic mass is 10.2. The molecule has 0 aliphatic rings. The van der Waals surface area contributed by atoms with Gasteiger partial charge in [-0.05, 0) is 30.3 Å². The lowest BCUT2D eigenvalue weighted by molar-refractivity contribution is -0.113. The van der Waals surface area contributed by atoms with Crippen molar-refractivity contribution in [2.45, 2.75) is 5.16 Å². The van der Waals surface area contributed by atoms with Gasteiger partial charge < -0.3 is 16.4 Å². The van der Waals surface area contributed by atoms with Gasteiger partial charge in [-0.25, -0.2) is 18.7 Å². The number of hydrogen-bond acceptors (Lipinski definition) is 8. The number of benzene rings is 2. The fourth-order valence-corrected chi connectivity index (χ4v) is 4.25. The van der Waals surface area contributed by atoms with Crippen molar-refractivity contribution < 1.29 is 18.4 Å².